The van der Waals surface area contributed by atoms with Crippen LogP contribution in [0, 0.1) is 0 Å². The van der Waals surface area contributed by atoms with Crippen LogP contribution in [0.15, 0.2) is 36.4 Å². The third-order valence-corrected chi connectivity index (χ3v) is 6.09. The number of nitrogens with zero attached hydrogens (tertiary/aromatic N) is 1. The zero-order valence-electron chi connectivity index (χ0n) is 15.6. The number of aromatic nitrogens is 1. The molecule has 0 fully saturated rings. The molecule has 2 aliphatic rings. The molecule has 1 aromatic heterocycles. The first-order valence-corrected chi connectivity index (χ1v) is 9.58. The molecule has 0 saturated carbocycles. The zero-order chi connectivity index (χ0) is 19.5. The van der Waals surface area contributed by atoms with Gasteiger partial charge in [-0.05, 0) is 41.7 Å². The van der Waals surface area contributed by atoms with Gasteiger partial charge in [-0.25, -0.2) is 0 Å². The number of fused-ring (bicyclic) bond motifs is 3. The van der Waals surface area contributed by atoms with E-state index >= 15 is 0 Å². The van der Waals surface area contributed by atoms with Gasteiger partial charge in [-0.15, -0.1) is 0 Å². The molecule has 0 amide bonds. The summed E-state index contributed by atoms with van der Waals surface area (Å²) in [5.41, 5.74) is 4.48. The van der Waals surface area contributed by atoms with E-state index in [4.69, 9.17) is 4.74 Å². The van der Waals surface area contributed by atoms with Crippen LogP contribution in [0.1, 0.15) is 40.4 Å². The van der Waals surface area contributed by atoms with E-state index in [-0.39, 0.29) is 11.8 Å². The van der Waals surface area contributed by atoms with Crippen LogP contribution < -0.4 is 10.1 Å². The van der Waals surface area contributed by atoms with Crippen molar-refractivity contribution in [2.75, 3.05) is 13.7 Å². The van der Waals surface area contributed by atoms with Crippen LogP contribution in [-0.4, -0.2) is 18.2 Å². The number of methoxy groups -OCH3 is 1. The Balaban J connectivity index is 1.77. The minimum absolute atomic E-state index is 0.233. The molecule has 0 radical (unpaired) electrons. The molecule has 0 bridgehead atoms. The van der Waals surface area contributed by atoms with E-state index in [1.165, 1.54) is 29.3 Å². The number of nitrogens with one attached hydrogen (secondary N) is 1. The third kappa shape index (κ3) is 2.54. The highest BCUT2D eigenvalue weighted by Gasteiger charge is 2.38. The maximum absolute atomic E-state index is 13.9. The van der Waals surface area contributed by atoms with E-state index in [1.54, 1.807) is 12.1 Å². The molecule has 3 aromatic rings. The van der Waals surface area contributed by atoms with Crippen molar-refractivity contribution in [1.29, 1.82) is 0 Å². The molecule has 2 aliphatic heterocycles. The highest BCUT2D eigenvalue weighted by molar-refractivity contribution is 5.89. The van der Waals surface area contributed by atoms with Gasteiger partial charge in [0.1, 0.15) is 5.75 Å². The lowest BCUT2D eigenvalue weighted by Crippen LogP contribution is -2.27. The standard InChI is InChI=1S/C22H21F3N2O/c1-28-14-6-7-16(18(11-14)22(23,24)25)19-8-5-13-3-2-4-15-17-12-26-10-9-20(17)27(19)21(13)15/h2-4,6-7,11,19,26H,5,8-10,12H2,1H3. The normalized spacial score (nSPS) is 18.9. The first kappa shape index (κ1) is 17.6. The molecule has 1 unspecified atom stereocenters. The quantitative estimate of drug-likeness (QED) is 0.681. The summed E-state index contributed by atoms with van der Waals surface area (Å²) in [6, 6.07) is 10.3. The van der Waals surface area contributed by atoms with Gasteiger partial charge in [0.05, 0.1) is 24.2 Å². The molecule has 5 rings (SSSR count). The summed E-state index contributed by atoms with van der Waals surface area (Å²) in [5.74, 6) is 0.233. The average molecular weight is 386 g/mol. The Hall–Kier alpha value is -2.47. The van der Waals surface area contributed by atoms with E-state index in [0.29, 0.717) is 12.0 Å². The van der Waals surface area contributed by atoms with Gasteiger partial charge in [0.2, 0.25) is 0 Å². The Morgan fingerprint density at radius 1 is 1.14 bits per heavy atom. The summed E-state index contributed by atoms with van der Waals surface area (Å²) >= 11 is 0. The molecule has 2 aromatic carbocycles. The number of halogens is 3. The average Bonchev–Trinajstić information content (AvgIpc) is 3.04. The van der Waals surface area contributed by atoms with Gasteiger partial charge in [0.15, 0.2) is 0 Å². The Bertz CT molecular complexity index is 1070. The summed E-state index contributed by atoms with van der Waals surface area (Å²) in [4.78, 5) is 0. The Kier molecular flexibility index (Phi) is 3.95. The fourth-order valence-electron chi connectivity index (χ4n) is 4.90. The monoisotopic (exact) mass is 386 g/mol. The maximum Gasteiger partial charge on any atom is 0.416 e. The minimum Gasteiger partial charge on any atom is -0.497 e. The lowest BCUT2D eigenvalue weighted by molar-refractivity contribution is -0.138. The number of benzene rings is 2. The molecule has 3 heterocycles. The Labute approximate surface area is 161 Å². The number of para-hydroxylation sites is 1. The predicted molar refractivity (Wildman–Crippen MR) is 102 cm³/mol. The second-order valence-electron chi connectivity index (χ2n) is 7.54. The first-order chi connectivity index (χ1) is 13.5. The Morgan fingerprint density at radius 3 is 2.79 bits per heavy atom. The lowest BCUT2D eigenvalue weighted by Gasteiger charge is -2.31. The van der Waals surface area contributed by atoms with Crippen LogP contribution in [0.5, 0.6) is 5.75 Å². The first-order valence-electron chi connectivity index (χ1n) is 9.58. The smallest absolute Gasteiger partial charge is 0.416 e. The van der Waals surface area contributed by atoms with E-state index < -0.39 is 11.7 Å². The number of hydrogen-bond donors (Lipinski definition) is 1. The van der Waals surface area contributed by atoms with Crippen molar-refractivity contribution in [3.8, 4) is 5.75 Å². The van der Waals surface area contributed by atoms with Crippen molar-refractivity contribution < 1.29 is 17.9 Å². The largest absolute Gasteiger partial charge is 0.497 e. The van der Waals surface area contributed by atoms with Crippen LogP contribution in [0.2, 0.25) is 0 Å². The van der Waals surface area contributed by atoms with Crippen molar-refractivity contribution in [2.45, 2.75) is 38.0 Å². The van der Waals surface area contributed by atoms with Gasteiger partial charge in [-0.2, -0.15) is 13.2 Å². The second kappa shape index (κ2) is 6.27. The molecule has 0 saturated heterocycles. The van der Waals surface area contributed by atoms with Crippen molar-refractivity contribution in [3.05, 3.63) is 64.3 Å². The summed E-state index contributed by atoms with van der Waals surface area (Å²) < 4.78 is 49.0. The van der Waals surface area contributed by atoms with Crippen LogP contribution in [-0.2, 0) is 25.6 Å². The van der Waals surface area contributed by atoms with Gasteiger partial charge in [0.25, 0.3) is 0 Å². The van der Waals surface area contributed by atoms with Gasteiger partial charge in [-0.1, -0.05) is 24.3 Å². The second-order valence-corrected chi connectivity index (χ2v) is 7.54. The van der Waals surface area contributed by atoms with Crippen LogP contribution in [0.25, 0.3) is 10.9 Å². The number of alkyl halides is 3. The fraction of sp³-hybridized carbons (Fsp3) is 0.364. The van der Waals surface area contributed by atoms with Crippen molar-refractivity contribution in [1.82, 2.24) is 9.88 Å². The fourth-order valence-corrected chi connectivity index (χ4v) is 4.90. The number of ether oxygens (including phenoxy) is 1. The summed E-state index contributed by atoms with van der Waals surface area (Å²) in [7, 11) is 1.39. The van der Waals surface area contributed by atoms with E-state index in [0.717, 1.165) is 37.5 Å². The number of rotatable bonds is 2. The molecule has 1 atom stereocenters. The molecule has 146 valence electrons. The van der Waals surface area contributed by atoms with E-state index in [1.807, 2.05) is 0 Å². The molecule has 3 nitrogen and oxygen atoms in total. The van der Waals surface area contributed by atoms with Crippen LogP contribution >= 0.6 is 0 Å². The van der Waals surface area contributed by atoms with Crippen LogP contribution in [0.3, 0.4) is 0 Å². The third-order valence-electron chi connectivity index (χ3n) is 6.09. The van der Waals surface area contributed by atoms with Crippen molar-refractivity contribution >= 4 is 10.9 Å². The summed E-state index contributed by atoms with van der Waals surface area (Å²) in [6.45, 7) is 1.61. The molecular weight excluding hydrogens is 365 g/mol. The number of hydrogen-bond acceptors (Lipinski definition) is 2. The topological polar surface area (TPSA) is 26.2 Å². The lowest BCUT2D eigenvalue weighted by atomic mass is 9.90. The maximum atomic E-state index is 13.9. The highest BCUT2D eigenvalue weighted by atomic mass is 19.4. The predicted octanol–water partition coefficient (Wildman–Crippen LogP) is 4.85. The van der Waals surface area contributed by atoms with Crippen molar-refractivity contribution in [2.24, 2.45) is 0 Å². The summed E-state index contributed by atoms with van der Waals surface area (Å²) in [5, 5.41) is 4.58. The van der Waals surface area contributed by atoms with Gasteiger partial charge in [-0.3, -0.25) is 0 Å². The summed E-state index contributed by atoms with van der Waals surface area (Å²) in [6.07, 6.45) is -2.15. The minimum atomic E-state index is -4.42. The number of aryl methyl sites for hydroxylation is 1. The molecule has 1 N–H and O–H groups in total. The SMILES string of the molecule is COc1ccc(C2CCc3cccc4c5c(n2c34)CCNC5)c(C(F)(F)F)c1. The highest BCUT2D eigenvalue weighted by Crippen LogP contribution is 2.45. The Morgan fingerprint density at radius 2 is 2.00 bits per heavy atom. The molecule has 6 heteroatoms. The van der Waals surface area contributed by atoms with Gasteiger partial charge in [0, 0.05) is 30.6 Å². The van der Waals surface area contributed by atoms with Crippen molar-refractivity contribution in [3.63, 3.8) is 0 Å². The van der Waals surface area contributed by atoms with Crippen LogP contribution in [0.4, 0.5) is 13.2 Å². The molecule has 28 heavy (non-hydrogen) atoms. The van der Waals surface area contributed by atoms with E-state index in [2.05, 4.69) is 28.1 Å². The molecule has 0 spiro atoms. The zero-order valence-corrected chi connectivity index (χ0v) is 15.6. The van der Waals surface area contributed by atoms with E-state index in [9.17, 15) is 13.2 Å². The molecule has 0 aliphatic carbocycles. The van der Waals surface area contributed by atoms with Gasteiger partial charge >= 0.3 is 6.18 Å². The van der Waals surface area contributed by atoms with Gasteiger partial charge < -0.3 is 14.6 Å². The molecular formula is C22H21F3N2O.